The van der Waals surface area contributed by atoms with Gasteiger partial charge in [-0.05, 0) is 46.3 Å². The quantitative estimate of drug-likeness (QED) is 0.816. The van der Waals surface area contributed by atoms with Crippen molar-refractivity contribution in [2.75, 3.05) is 11.9 Å². The van der Waals surface area contributed by atoms with Crippen LogP contribution in [-0.4, -0.2) is 17.5 Å². The molecular formula is C13H9BrCl2N2O2. The standard InChI is InChI=1S/C13H9BrCl2N2O2/c14-8-5-11(13(16)17-6-8)18-12(19)7-20-10-3-1-9(15)2-4-10/h1-6H,7H2,(H,18,19). The summed E-state index contributed by atoms with van der Waals surface area (Å²) in [5.74, 6) is 0.227. The van der Waals surface area contributed by atoms with Gasteiger partial charge in [0.15, 0.2) is 11.8 Å². The lowest BCUT2D eigenvalue weighted by atomic mass is 10.3. The number of carbonyl (C=O) groups is 1. The van der Waals surface area contributed by atoms with Crippen molar-refractivity contribution in [3.05, 3.63) is 51.2 Å². The van der Waals surface area contributed by atoms with Gasteiger partial charge in [-0.3, -0.25) is 4.79 Å². The van der Waals surface area contributed by atoms with E-state index in [1.54, 1.807) is 36.5 Å². The molecule has 1 heterocycles. The van der Waals surface area contributed by atoms with E-state index in [4.69, 9.17) is 27.9 Å². The highest BCUT2D eigenvalue weighted by atomic mass is 79.9. The lowest BCUT2D eigenvalue weighted by Gasteiger charge is -2.08. The third-order valence-corrected chi connectivity index (χ3v) is 3.25. The number of rotatable bonds is 4. The maximum atomic E-state index is 11.8. The first-order valence-electron chi connectivity index (χ1n) is 5.54. The topological polar surface area (TPSA) is 51.2 Å². The molecule has 0 atom stereocenters. The Morgan fingerprint density at radius 2 is 2.00 bits per heavy atom. The number of amides is 1. The smallest absolute Gasteiger partial charge is 0.262 e. The van der Waals surface area contributed by atoms with Gasteiger partial charge in [-0.15, -0.1) is 0 Å². The van der Waals surface area contributed by atoms with Crippen molar-refractivity contribution in [2.45, 2.75) is 0 Å². The molecule has 0 aliphatic rings. The highest BCUT2D eigenvalue weighted by Gasteiger charge is 2.08. The van der Waals surface area contributed by atoms with Crippen LogP contribution in [0.15, 0.2) is 41.0 Å². The minimum Gasteiger partial charge on any atom is -0.484 e. The van der Waals surface area contributed by atoms with Crippen molar-refractivity contribution >= 4 is 50.7 Å². The Hall–Kier alpha value is -1.30. The van der Waals surface area contributed by atoms with Crippen molar-refractivity contribution < 1.29 is 9.53 Å². The lowest BCUT2D eigenvalue weighted by Crippen LogP contribution is -2.20. The number of benzene rings is 1. The van der Waals surface area contributed by atoms with Crippen molar-refractivity contribution in [2.24, 2.45) is 0 Å². The van der Waals surface area contributed by atoms with Gasteiger partial charge in [0.1, 0.15) is 5.75 Å². The normalized spacial score (nSPS) is 10.2. The molecule has 2 rings (SSSR count). The largest absolute Gasteiger partial charge is 0.484 e. The maximum Gasteiger partial charge on any atom is 0.262 e. The number of nitrogens with zero attached hydrogens (tertiary/aromatic N) is 1. The highest BCUT2D eigenvalue weighted by molar-refractivity contribution is 9.10. The van der Waals surface area contributed by atoms with Gasteiger partial charge in [0, 0.05) is 15.7 Å². The fourth-order valence-electron chi connectivity index (χ4n) is 1.38. The van der Waals surface area contributed by atoms with Gasteiger partial charge in [-0.25, -0.2) is 4.98 Å². The number of halogens is 3. The first kappa shape index (κ1) is 15.1. The molecule has 20 heavy (non-hydrogen) atoms. The van der Waals surface area contributed by atoms with Gasteiger partial charge < -0.3 is 10.1 Å². The Labute approximate surface area is 134 Å². The Kier molecular flexibility index (Phi) is 5.23. The predicted octanol–water partition coefficient (Wildman–Crippen LogP) is 4.17. The molecule has 0 saturated heterocycles. The molecule has 0 aliphatic heterocycles. The molecule has 2 aromatic rings. The minimum atomic E-state index is -0.332. The zero-order valence-electron chi connectivity index (χ0n) is 10.1. The molecule has 0 spiro atoms. The van der Waals surface area contributed by atoms with Crippen LogP contribution in [0.2, 0.25) is 10.2 Å². The van der Waals surface area contributed by atoms with Gasteiger partial charge in [-0.2, -0.15) is 0 Å². The van der Waals surface area contributed by atoms with E-state index < -0.39 is 0 Å². The zero-order valence-corrected chi connectivity index (χ0v) is 13.2. The molecule has 1 N–H and O–H groups in total. The van der Waals surface area contributed by atoms with E-state index in [0.717, 1.165) is 4.47 Å². The van der Waals surface area contributed by atoms with Crippen LogP contribution < -0.4 is 10.1 Å². The molecule has 0 unspecified atom stereocenters. The molecule has 0 bridgehead atoms. The molecule has 1 aromatic heterocycles. The minimum absolute atomic E-state index is 0.134. The van der Waals surface area contributed by atoms with E-state index in [2.05, 4.69) is 26.2 Å². The number of hydrogen-bond donors (Lipinski definition) is 1. The van der Waals surface area contributed by atoms with Gasteiger partial charge in [0.2, 0.25) is 0 Å². The van der Waals surface area contributed by atoms with Gasteiger partial charge in [0.25, 0.3) is 5.91 Å². The number of nitrogens with one attached hydrogen (secondary N) is 1. The predicted molar refractivity (Wildman–Crippen MR) is 82.5 cm³/mol. The summed E-state index contributed by atoms with van der Waals surface area (Å²) in [5.41, 5.74) is 0.422. The second-order valence-corrected chi connectivity index (χ2v) is 5.49. The van der Waals surface area contributed by atoms with Crippen molar-refractivity contribution in [1.82, 2.24) is 4.98 Å². The van der Waals surface area contributed by atoms with Crippen LogP contribution in [0.3, 0.4) is 0 Å². The number of pyridine rings is 1. The van der Waals surface area contributed by atoms with Gasteiger partial charge >= 0.3 is 0 Å². The lowest BCUT2D eigenvalue weighted by molar-refractivity contribution is -0.118. The number of hydrogen-bond acceptors (Lipinski definition) is 3. The van der Waals surface area contributed by atoms with Crippen LogP contribution >= 0.6 is 39.1 Å². The molecule has 0 radical (unpaired) electrons. The molecule has 0 saturated carbocycles. The van der Waals surface area contributed by atoms with E-state index in [1.165, 1.54) is 0 Å². The summed E-state index contributed by atoms with van der Waals surface area (Å²) in [7, 11) is 0. The van der Waals surface area contributed by atoms with E-state index >= 15 is 0 Å². The van der Waals surface area contributed by atoms with Crippen molar-refractivity contribution in [3.8, 4) is 5.75 Å². The number of carbonyl (C=O) groups excluding carboxylic acids is 1. The van der Waals surface area contributed by atoms with Crippen LogP contribution in [0, 0.1) is 0 Å². The van der Waals surface area contributed by atoms with E-state index in [9.17, 15) is 4.79 Å². The van der Waals surface area contributed by atoms with Crippen LogP contribution in [0.25, 0.3) is 0 Å². The average Bonchev–Trinajstić information content (AvgIpc) is 2.42. The Balaban J connectivity index is 1.92. The summed E-state index contributed by atoms with van der Waals surface area (Å²) in [6, 6.07) is 8.40. The fourth-order valence-corrected chi connectivity index (χ4v) is 1.98. The zero-order chi connectivity index (χ0) is 14.5. The Morgan fingerprint density at radius 1 is 1.30 bits per heavy atom. The summed E-state index contributed by atoms with van der Waals surface area (Å²) in [5, 5.41) is 3.44. The monoisotopic (exact) mass is 374 g/mol. The summed E-state index contributed by atoms with van der Waals surface area (Å²) < 4.78 is 6.04. The van der Waals surface area contributed by atoms with Crippen molar-refractivity contribution in [1.29, 1.82) is 0 Å². The van der Waals surface area contributed by atoms with Gasteiger partial charge in [-0.1, -0.05) is 23.2 Å². The summed E-state index contributed by atoms with van der Waals surface area (Å²) >= 11 is 14.9. The molecule has 1 aromatic carbocycles. The maximum absolute atomic E-state index is 11.8. The van der Waals surface area contributed by atoms with Crippen LogP contribution in [0.1, 0.15) is 0 Å². The van der Waals surface area contributed by atoms with Crippen LogP contribution in [-0.2, 0) is 4.79 Å². The van der Waals surface area contributed by atoms with E-state index in [0.29, 0.717) is 16.5 Å². The molecule has 7 heteroatoms. The Morgan fingerprint density at radius 3 is 2.70 bits per heavy atom. The summed E-state index contributed by atoms with van der Waals surface area (Å²) in [4.78, 5) is 15.7. The Bertz CT molecular complexity index is 620. The molecule has 4 nitrogen and oxygen atoms in total. The van der Waals surface area contributed by atoms with Crippen LogP contribution in [0.5, 0.6) is 5.75 Å². The third kappa shape index (κ3) is 4.37. The van der Waals surface area contributed by atoms with E-state index in [-0.39, 0.29) is 17.7 Å². The number of aromatic nitrogens is 1. The second-order valence-electron chi connectivity index (χ2n) is 3.78. The molecule has 0 fully saturated rings. The fraction of sp³-hybridized carbons (Fsp3) is 0.0769. The highest BCUT2D eigenvalue weighted by Crippen LogP contribution is 2.23. The number of anilines is 1. The molecule has 0 aliphatic carbocycles. The molecule has 1 amide bonds. The van der Waals surface area contributed by atoms with E-state index in [1.807, 2.05) is 0 Å². The first-order valence-corrected chi connectivity index (χ1v) is 7.09. The average molecular weight is 376 g/mol. The summed E-state index contributed by atoms with van der Waals surface area (Å²) in [6.07, 6.45) is 1.54. The first-order chi connectivity index (χ1) is 9.54. The molecule has 104 valence electrons. The second kappa shape index (κ2) is 6.92. The third-order valence-electron chi connectivity index (χ3n) is 2.26. The van der Waals surface area contributed by atoms with Crippen molar-refractivity contribution in [3.63, 3.8) is 0 Å². The molecular weight excluding hydrogens is 367 g/mol. The SMILES string of the molecule is O=C(COc1ccc(Cl)cc1)Nc1cc(Br)cnc1Cl. The summed E-state index contributed by atoms with van der Waals surface area (Å²) in [6.45, 7) is -0.134. The van der Waals surface area contributed by atoms with Gasteiger partial charge in [0.05, 0.1) is 5.69 Å². The number of ether oxygens (including phenoxy) is 1. The van der Waals surface area contributed by atoms with Crippen LogP contribution in [0.4, 0.5) is 5.69 Å².